The number of carbonyl (C=O) groups excluding carboxylic acids is 1. The van der Waals surface area contributed by atoms with Crippen LogP contribution in [0.2, 0.25) is 0 Å². The predicted molar refractivity (Wildman–Crippen MR) is 66.8 cm³/mol. The molecule has 0 spiro atoms. The van der Waals surface area contributed by atoms with Crippen LogP contribution in [0.25, 0.3) is 11.0 Å². The van der Waals surface area contributed by atoms with Gasteiger partial charge in [0.25, 0.3) is 0 Å². The summed E-state index contributed by atoms with van der Waals surface area (Å²) in [5, 5.41) is 3.09. The maximum atomic E-state index is 10.3. The first kappa shape index (κ1) is 12.3. The van der Waals surface area contributed by atoms with Gasteiger partial charge >= 0.3 is 6.09 Å². The monoisotopic (exact) mass is 246 g/mol. The van der Waals surface area contributed by atoms with Crippen LogP contribution in [0.1, 0.15) is 5.69 Å². The van der Waals surface area contributed by atoms with Crippen LogP contribution in [0.4, 0.5) is 4.79 Å². The fraction of sp³-hybridized carbons (Fsp3) is 0.250. The number of nitrogens with two attached hydrogens (primary N) is 1. The van der Waals surface area contributed by atoms with E-state index in [-0.39, 0.29) is 6.61 Å². The minimum atomic E-state index is -0.762. The number of carbonyl (C=O) groups is 1. The first-order valence-corrected chi connectivity index (χ1v) is 5.59. The van der Waals surface area contributed by atoms with Crippen molar-refractivity contribution in [3.05, 3.63) is 36.2 Å². The highest BCUT2D eigenvalue weighted by atomic mass is 16.5. The molecule has 6 nitrogen and oxygen atoms in total. The Balaban J connectivity index is 1.86. The fourth-order valence-electron chi connectivity index (χ4n) is 1.52. The number of aromatic nitrogens is 2. The summed E-state index contributed by atoms with van der Waals surface area (Å²) in [4.78, 5) is 19.1. The van der Waals surface area contributed by atoms with Crippen molar-refractivity contribution in [2.24, 2.45) is 5.73 Å². The highest BCUT2D eigenvalue weighted by Gasteiger charge is 1.99. The Morgan fingerprint density at radius 3 is 2.89 bits per heavy atom. The molecule has 0 saturated carbocycles. The predicted octanol–water partition coefficient (Wildman–Crippen LogP) is 0.815. The van der Waals surface area contributed by atoms with E-state index in [2.05, 4.69) is 20.0 Å². The highest BCUT2D eigenvalue weighted by Crippen LogP contribution is 2.07. The quantitative estimate of drug-likeness (QED) is 0.762. The molecule has 2 rings (SSSR count). The minimum absolute atomic E-state index is 0.246. The molecule has 0 aliphatic carbocycles. The summed E-state index contributed by atoms with van der Waals surface area (Å²) in [5.41, 5.74) is 7.42. The summed E-state index contributed by atoms with van der Waals surface area (Å²) in [7, 11) is 0. The van der Waals surface area contributed by atoms with Crippen LogP contribution in [-0.4, -0.2) is 29.2 Å². The van der Waals surface area contributed by atoms with Crippen LogP contribution < -0.4 is 11.1 Å². The van der Waals surface area contributed by atoms with Crippen molar-refractivity contribution in [3.8, 4) is 0 Å². The van der Waals surface area contributed by atoms with Crippen molar-refractivity contribution in [3.63, 3.8) is 0 Å². The molecule has 6 heteroatoms. The van der Waals surface area contributed by atoms with E-state index in [1.807, 2.05) is 24.3 Å². The van der Waals surface area contributed by atoms with Gasteiger partial charge in [-0.05, 0) is 12.1 Å². The lowest BCUT2D eigenvalue weighted by Gasteiger charge is -2.05. The number of amides is 1. The number of benzene rings is 1. The lowest BCUT2D eigenvalue weighted by atomic mass is 10.3. The van der Waals surface area contributed by atoms with E-state index in [1.54, 1.807) is 6.20 Å². The average molecular weight is 246 g/mol. The highest BCUT2D eigenvalue weighted by molar-refractivity contribution is 5.73. The van der Waals surface area contributed by atoms with Gasteiger partial charge in [0, 0.05) is 13.1 Å². The number of primary amides is 1. The first-order chi connectivity index (χ1) is 8.75. The van der Waals surface area contributed by atoms with Crippen molar-refractivity contribution in [1.29, 1.82) is 0 Å². The molecule has 0 fully saturated rings. The van der Waals surface area contributed by atoms with Crippen LogP contribution in [0.3, 0.4) is 0 Å². The second-order valence-electron chi connectivity index (χ2n) is 3.69. The molecular formula is C12H14N4O2. The molecule has 18 heavy (non-hydrogen) atoms. The summed E-state index contributed by atoms with van der Waals surface area (Å²) in [6.07, 6.45) is 0.965. The maximum absolute atomic E-state index is 10.3. The first-order valence-electron chi connectivity index (χ1n) is 5.59. The summed E-state index contributed by atoms with van der Waals surface area (Å²) < 4.78 is 4.59. The van der Waals surface area contributed by atoms with Gasteiger partial charge in [-0.1, -0.05) is 12.1 Å². The molecule has 0 bridgehead atoms. The molecule has 0 saturated heterocycles. The fourth-order valence-corrected chi connectivity index (χ4v) is 1.52. The molecule has 0 radical (unpaired) electrons. The molecule has 0 aliphatic heterocycles. The molecular weight excluding hydrogens is 232 g/mol. The van der Waals surface area contributed by atoms with Gasteiger partial charge in [0.1, 0.15) is 6.61 Å². The third kappa shape index (κ3) is 3.39. The van der Waals surface area contributed by atoms with Crippen LogP contribution in [0.5, 0.6) is 0 Å². The number of nitrogens with zero attached hydrogens (tertiary/aromatic N) is 2. The summed E-state index contributed by atoms with van der Waals surface area (Å²) in [6, 6.07) is 7.69. The SMILES string of the molecule is NC(=O)OCCNCc1cnc2ccccc2n1. The molecule has 2 aromatic rings. The summed E-state index contributed by atoms with van der Waals surface area (Å²) >= 11 is 0. The Labute approximate surface area is 104 Å². The summed E-state index contributed by atoms with van der Waals surface area (Å²) in [6.45, 7) is 1.34. The minimum Gasteiger partial charge on any atom is -0.448 e. The van der Waals surface area contributed by atoms with Gasteiger partial charge in [0.15, 0.2) is 0 Å². The van der Waals surface area contributed by atoms with Crippen molar-refractivity contribution in [1.82, 2.24) is 15.3 Å². The van der Waals surface area contributed by atoms with Gasteiger partial charge < -0.3 is 15.8 Å². The van der Waals surface area contributed by atoms with E-state index in [0.717, 1.165) is 16.7 Å². The van der Waals surface area contributed by atoms with E-state index >= 15 is 0 Å². The molecule has 3 N–H and O–H groups in total. The second kappa shape index (κ2) is 5.92. The maximum Gasteiger partial charge on any atom is 0.404 e. The molecule has 1 aromatic heterocycles. The third-order valence-corrected chi connectivity index (χ3v) is 2.33. The second-order valence-corrected chi connectivity index (χ2v) is 3.69. The lowest BCUT2D eigenvalue weighted by molar-refractivity contribution is 0.157. The van der Waals surface area contributed by atoms with E-state index in [1.165, 1.54) is 0 Å². The van der Waals surface area contributed by atoms with Gasteiger partial charge in [-0.3, -0.25) is 4.98 Å². The van der Waals surface area contributed by atoms with Crippen LogP contribution >= 0.6 is 0 Å². The number of para-hydroxylation sites is 2. The smallest absolute Gasteiger partial charge is 0.404 e. The van der Waals surface area contributed by atoms with Crippen molar-refractivity contribution in [2.75, 3.05) is 13.2 Å². The van der Waals surface area contributed by atoms with E-state index in [9.17, 15) is 4.79 Å². The average Bonchev–Trinajstić information content (AvgIpc) is 2.38. The Kier molecular flexibility index (Phi) is 4.03. The van der Waals surface area contributed by atoms with Crippen LogP contribution in [-0.2, 0) is 11.3 Å². The van der Waals surface area contributed by atoms with Gasteiger partial charge in [0.05, 0.1) is 22.9 Å². The number of rotatable bonds is 5. The Morgan fingerprint density at radius 2 is 2.11 bits per heavy atom. The zero-order valence-corrected chi connectivity index (χ0v) is 9.80. The van der Waals surface area contributed by atoms with Crippen molar-refractivity contribution >= 4 is 17.1 Å². The van der Waals surface area contributed by atoms with E-state index in [4.69, 9.17) is 5.73 Å². The van der Waals surface area contributed by atoms with Gasteiger partial charge in [-0.15, -0.1) is 0 Å². The van der Waals surface area contributed by atoms with Gasteiger partial charge in [-0.25, -0.2) is 9.78 Å². The van der Waals surface area contributed by atoms with E-state index in [0.29, 0.717) is 13.1 Å². The number of fused-ring (bicyclic) bond motifs is 1. The molecule has 1 heterocycles. The van der Waals surface area contributed by atoms with Gasteiger partial charge in [-0.2, -0.15) is 0 Å². The van der Waals surface area contributed by atoms with Crippen molar-refractivity contribution < 1.29 is 9.53 Å². The number of hydrogen-bond acceptors (Lipinski definition) is 5. The largest absolute Gasteiger partial charge is 0.448 e. The number of hydrogen-bond donors (Lipinski definition) is 2. The zero-order valence-electron chi connectivity index (χ0n) is 9.80. The molecule has 0 aliphatic rings. The molecule has 1 amide bonds. The third-order valence-electron chi connectivity index (χ3n) is 2.33. The normalized spacial score (nSPS) is 10.4. The van der Waals surface area contributed by atoms with Crippen LogP contribution in [0.15, 0.2) is 30.5 Å². The molecule has 94 valence electrons. The summed E-state index contributed by atoms with van der Waals surface area (Å²) in [5.74, 6) is 0. The zero-order chi connectivity index (χ0) is 12.8. The molecule has 1 aromatic carbocycles. The van der Waals surface area contributed by atoms with Crippen molar-refractivity contribution in [2.45, 2.75) is 6.54 Å². The standard InChI is InChI=1S/C12H14N4O2/c13-12(17)18-6-5-14-7-9-8-15-10-3-1-2-4-11(10)16-9/h1-4,8,14H,5-7H2,(H2,13,17). The van der Waals surface area contributed by atoms with Crippen LogP contribution in [0, 0.1) is 0 Å². The van der Waals surface area contributed by atoms with Gasteiger partial charge in [0.2, 0.25) is 0 Å². The lowest BCUT2D eigenvalue weighted by Crippen LogP contribution is -2.23. The molecule has 0 atom stereocenters. The Hall–Kier alpha value is -2.21. The number of ether oxygens (including phenoxy) is 1. The number of nitrogens with one attached hydrogen (secondary N) is 1. The Bertz CT molecular complexity index is 544. The Morgan fingerprint density at radius 1 is 1.33 bits per heavy atom. The topological polar surface area (TPSA) is 90.1 Å². The van der Waals surface area contributed by atoms with E-state index < -0.39 is 6.09 Å². The molecule has 0 unspecified atom stereocenters.